The van der Waals surface area contributed by atoms with Gasteiger partial charge in [0.05, 0.1) is 12.7 Å². The minimum absolute atomic E-state index is 0.0196. The Bertz CT molecular complexity index is 783. The fourth-order valence-electron chi connectivity index (χ4n) is 4.97. The number of sulfonamides is 1. The predicted octanol–water partition coefficient (Wildman–Crippen LogP) is 4.39. The van der Waals surface area contributed by atoms with Gasteiger partial charge in [0, 0.05) is 24.2 Å². The Hall–Kier alpha value is -1.28. The van der Waals surface area contributed by atoms with Crippen molar-refractivity contribution in [1.82, 2.24) is 4.90 Å². The number of nitrogens with one attached hydrogen (secondary N) is 1. The van der Waals surface area contributed by atoms with Gasteiger partial charge in [-0.3, -0.25) is 4.72 Å². The number of rotatable bonds is 9. The Labute approximate surface area is 165 Å². The van der Waals surface area contributed by atoms with E-state index in [0.717, 1.165) is 32.1 Å². The first-order valence-electron chi connectivity index (χ1n) is 9.92. The molecule has 4 nitrogen and oxygen atoms in total. The molecule has 0 spiro atoms. The van der Waals surface area contributed by atoms with Crippen LogP contribution in [0.4, 0.5) is 18.9 Å². The number of nitrogens with zero attached hydrogens (tertiary/aromatic N) is 1. The molecule has 1 aliphatic heterocycles. The van der Waals surface area contributed by atoms with Gasteiger partial charge in [0.1, 0.15) is 0 Å². The Kier molecular flexibility index (Phi) is 6.01. The second-order valence-corrected chi connectivity index (χ2v) is 10.1. The molecular weight excluding hydrogens is 389 g/mol. The summed E-state index contributed by atoms with van der Waals surface area (Å²) in [6, 6.07) is 6.50. The van der Waals surface area contributed by atoms with E-state index in [-0.39, 0.29) is 11.8 Å². The van der Waals surface area contributed by atoms with Gasteiger partial charge >= 0.3 is 6.18 Å². The maximum absolute atomic E-state index is 13.4. The van der Waals surface area contributed by atoms with E-state index >= 15 is 0 Å². The Balaban J connectivity index is 1.75. The molecule has 1 heterocycles. The molecule has 0 bridgehead atoms. The molecule has 2 fully saturated rings. The van der Waals surface area contributed by atoms with Crippen LogP contribution in [0.2, 0.25) is 0 Å². The number of benzene rings is 1. The summed E-state index contributed by atoms with van der Waals surface area (Å²) in [5, 5.41) is 0. The average molecular weight is 419 g/mol. The van der Waals surface area contributed by atoms with Crippen LogP contribution in [0.5, 0.6) is 0 Å². The molecule has 0 radical (unpaired) electrons. The van der Waals surface area contributed by atoms with E-state index < -0.39 is 28.0 Å². The summed E-state index contributed by atoms with van der Waals surface area (Å²) in [5.41, 5.74) is -0.00468. The van der Waals surface area contributed by atoms with Gasteiger partial charge < -0.3 is 4.90 Å². The number of hydrogen-bond acceptors (Lipinski definition) is 3. The number of hydrogen-bond donors (Lipinski definition) is 1. The van der Waals surface area contributed by atoms with E-state index in [9.17, 15) is 21.6 Å². The molecule has 158 valence electrons. The van der Waals surface area contributed by atoms with Gasteiger partial charge in [-0.25, -0.2) is 8.42 Å². The number of fused-ring (bicyclic) bond motifs is 1. The summed E-state index contributed by atoms with van der Waals surface area (Å²) in [5.74, 6) is -0.0393. The zero-order valence-electron chi connectivity index (χ0n) is 16.4. The summed E-state index contributed by atoms with van der Waals surface area (Å²) in [4.78, 5) is 2.29. The van der Waals surface area contributed by atoms with Gasteiger partial charge in [0.2, 0.25) is 10.0 Å². The van der Waals surface area contributed by atoms with Crippen molar-refractivity contribution in [1.29, 1.82) is 0 Å². The van der Waals surface area contributed by atoms with Crippen molar-refractivity contribution >= 4 is 15.7 Å². The van der Waals surface area contributed by atoms with Crippen molar-refractivity contribution in [3.63, 3.8) is 0 Å². The predicted molar refractivity (Wildman–Crippen MR) is 105 cm³/mol. The zero-order chi connectivity index (χ0) is 20.6. The first-order chi connectivity index (χ1) is 13.0. The normalized spacial score (nSPS) is 27.6. The number of halogens is 3. The van der Waals surface area contributed by atoms with Crippen molar-refractivity contribution < 1.29 is 21.6 Å². The molecule has 1 aliphatic carbocycles. The van der Waals surface area contributed by atoms with E-state index in [2.05, 4.69) is 16.5 Å². The maximum atomic E-state index is 13.4. The SMILES string of the molecule is CCCCCCN1CC2C(C1)C2(CC(F)(F)F)c1cccc(NS(C)(=O)=O)c1. The minimum atomic E-state index is -4.25. The van der Waals surface area contributed by atoms with Crippen molar-refractivity contribution in [3.05, 3.63) is 29.8 Å². The number of likely N-dealkylation sites (tertiary alicyclic amines) is 1. The van der Waals surface area contributed by atoms with Crippen LogP contribution in [0.1, 0.15) is 44.6 Å². The van der Waals surface area contributed by atoms with E-state index in [1.807, 2.05) is 0 Å². The van der Waals surface area contributed by atoms with Crippen LogP contribution in [0, 0.1) is 11.8 Å². The lowest BCUT2D eigenvalue weighted by atomic mass is 9.86. The summed E-state index contributed by atoms with van der Waals surface area (Å²) in [6.45, 7) is 4.49. The molecule has 0 amide bonds. The molecule has 2 unspecified atom stereocenters. The lowest BCUT2D eigenvalue weighted by molar-refractivity contribution is -0.143. The molecule has 2 aliphatic rings. The Morgan fingerprint density at radius 2 is 1.86 bits per heavy atom. The quantitative estimate of drug-likeness (QED) is 0.605. The second-order valence-electron chi connectivity index (χ2n) is 8.32. The molecule has 1 saturated carbocycles. The molecule has 28 heavy (non-hydrogen) atoms. The second kappa shape index (κ2) is 7.86. The van der Waals surface area contributed by atoms with Crippen LogP contribution < -0.4 is 4.72 Å². The van der Waals surface area contributed by atoms with E-state index in [0.29, 0.717) is 24.3 Å². The van der Waals surface area contributed by atoms with E-state index in [4.69, 9.17) is 0 Å². The molecular formula is C20H29F3N2O2S. The summed E-state index contributed by atoms with van der Waals surface area (Å²) < 4.78 is 65.6. The van der Waals surface area contributed by atoms with E-state index in [1.54, 1.807) is 24.3 Å². The van der Waals surface area contributed by atoms with Crippen LogP contribution in [-0.2, 0) is 15.4 Å². The van der Waals surface area contributed by atoms with Crippen LogP contribution in [0.3, 0.4) is 0 Å². The molecule has 8 heteroatoms. The first kappa shape index (κ1) is 21.4. The van der Waals surface area contributed by atoms with Gasteiger partial charge in [0.15, 0.2) is 0 Å². The molecule has 2 atom stereocenters. The van der Waals surface area contributed by atoms with E-state index in [1.165, 1.54) is 6.42 Å². The molecule has 1 aromatic carbocycles. The van der Waals surface area contributed by atoms with Gasteiger partial charge in [-0.05, 0) is 42.5 Å². The fraction of sp³-hybridized carbons (Fsp3) is 0.700. The third-order valence-electron chi connectivity index (χ3n) is 6.13. The number of piperidine rings is 1. The lowest BCUT2D eigenvalue weighted by Gasteiger charge is -2.28. The Morgan fingerprint density at radius 3 is 2.43 bits per heavy atom. The third-order valence-corrected chi connectivity index (χ3v) is 6.74. The highest BCUT2D eigenvalue weighted by Gasteiger charge is 2.70. The van der Waals surface area contributed by atoms with Gasteiger partial charge in [-0.2, -0.15) is 13.2 Å². The smallest absolute Gasteiger partial charge is 0.303 e. The largest absolute Gasteiger partial charge is 0.389 e. The summed E-state index contributed by atoms with van der Waals surface area (Å²) in [7, 11) is -3.48. The van der Waals surface area contributed by atoms with Crippen molar-refractivity contribution in [2.45, 2.75) is 50.6 Å². The lowest BCUT2D eigenvalue weighted by Crippen LogP contribution is -2.34. The summed E-state index contributed by atoms with van der Waals surface area (Å²) in [6.07, 6.45) is 0.546. The maximum Gasteiger partial charge on any atom is 0.389 e. The molecule has 1 aromatic rings. The molecule has 0 aromatic heterocycles. The molecule has 1 saturated heterocycles. The number of unbranched alkanes of at least 4 members (excludes halogenated alkanes) is 3. The van der Waals surface area contributed by atoms with Crippen molar-refractivity contribution in [2.24, 2.45) is 11.8 Å². The van der Waals surface area contributed by atoms with Crippen LogP contribution in [-0.4, -0.2) is 45.4 Å². The molecule has 3 rings (SSSR count). The van der Waals surface area contributed by atoms with Crippen molar-refractivity contribution in [2.75, 3.05) is 30.6 Å². The fourth-order valence-corrected chi connectivity index (χ4v) is 5.53. The van der Waals surface area contributed by atoms with Crippen molar-refractivity contribution in [3.8, 4) is 0 Å². The standard InChI is InChI=1S/C20H29F3N2O2S/c1-3-4-5-6-10-25-12-17-18(13-25)19(17,14-20(21,22)23)15-8-7-9-16(11-15)24-28(2,26)27/h7-9,11,17-18,24H,3-6,10,12-14H2,1-2H3. The van der Waals surface area contributed by atoms with Crippen LogP contribution in [0.25, 0.3) is 0 Å². The van der Waals surface area contributed by atoms with Gasteiger partial charge in [0.25, 0.3) is 0 Å². The highest BCUT2D eigenvalue weighted by atomic mass is 32.2. The number of alkyl halides is 3. The topological polar surface area (TPSA) is 49.4 Å². The molecule has 1 N–H and O–H groups in total. The Morgan fingerprint density at radius 1 is 1.18 bits per heavy atom. The minimum Gasteiger partial charge on any atom is -0.303 e. The number of anilines is 1. The van der Waals surface area contributed by atoms with Crippen LogP contribution >= 0.6 is 0 Å². The van der Waals surface area contributed by atoms with Gasteiger partial charge in [-0.1, -0.05) is 38.3 Å². The highest BCUT2D eigenvalue weighted by Crippen LogP contribution is 2.67. The van der Waals surface area contributed by atoms with Crippen LogP contribution in [0.15, 0.2) is 24.3 Å². The highest BCUT2D eigenvalue weighted by molar-refractivity contribution is 7.92. The summed E-state index contributed by atoms with van der Waals surface area (Å²) >= 11 is 0. The average Bonchev–Trinajstić information content (AvgIpc) is 2.94. The van der Waals surface area contributed by atoms with Gasteiger partial charge in [-0.15, -0.1) is 0 Å². The monoisotopic (exact) mass is 418 g/mol. The third kappa shape index (κ3) is 4.82. The zero-order valence-corrected chi connectivity index (χ0v) is 17.2. The first-order valence-corrected chi connectivity index (χ1v) is 11.8.